The van der Waals surface area contributed by atoms with Crippen LogP contribution in [0.4, 0.5) is 5.69 Å². The Bertz CT molecular complexity index is 1020. The number of hydrogen-bond donors (Lipinski definition) is 1. The molecule has 1 heterocycles. The summed E-state index contributed by atoms with van der Waals surface area (Å²) >= 11 is 1.85. The first-order valence-corrected chi connectivity index (χ1v) is 12.6. The molecule has 2 aromatic carbocycles. The highest BCUT2D eigenvalue weighted by Crippen LogP contribution is 2.25. The predicted octanol–water partition coefficient (Wildman–Crippen LogP) is 2.49. The maximum atomic E-state index is 12.6. The number of amides is 1. The quantitative estimate of drug-likeness (QED) is 0.453. The minimum atomic E-state index is -3.71. The van der Waals surface area contributed by atoms with Gasteiger partial charge in [-0.15, -0.1) is 0 Å². The van der Waals surface area contributed by atoms with Gasteiger partial charge in [0.2, 0.25) is 10.0 Å². The van der Waals surface area contributed by atoms with Gasteiger partial charge in [-0.25, -0.2) is 13.8 Å². The van der Waals surface area contributed by atoms with Crippen molar-refractivity contribution in [1.29, 1.82) is 0 Å². The van der Waals surface area contributed by atoms with Crippen molar-refractivity contribution in [3.05, 3.63) is 54.1 Å². The Morgan fingerprint density at radius 2 is 1.77 bits per heavy atom. The monoisotopic (exact) mass is 463 g/mol. The second-order valence-corrected chi connectivity index (χ2v) is 9.95. The van der Waals surface area contributed by atoms with E-state index in [1.165, 1.54) is 20.2 Å². The molecule has 1 N–H and O–H groups in total. The smallest absolute Gasteiger partial charge is 0.263 e. The molecule has 0 bridgehead atoms. The van der Waals surface area contributed by atoms with Gasteiger partial charge in [-0.3, -0.25) is 9.10 Å². The number of hydrazone groups is 1. The van der Waals surface area contributed by atoms with Gasteiger partial charge < -0.3 is 9.47 Å². The molecule has 0 saturated carbocycles. The molecule has 10 heteroatoms. The van der Waals surface area contributed by atoms with Gasteiger partial charge in [0.25, 0.3) is 5.91 Å². The zero-order valence-corrected chi connectivity index (χ0v) is 19.2. The summed E-state index contributed by atoms with van der Waals surface area (Å²) in [6.45, 7) is 1.50. The van der Waals surface area contributed by atoms with Crippen molar-refractivity contribution in [2.75, 3.05) is 29.2 Å². The van der Waals surface area contributed by atoms with Crippen LogP contribution >= 0.6 is 11.8 Å². The fraction of sp³-hybridized carbons (Fsp3) is 0.333. The van der Waals surface area contributed by atoms with Crippen LogP contribution in [-0.4, -0.2) is 57.6 Å². The van der Waals surface area contributed by atoms with E-state index in [1.807, 2.05) is 36.0 Å². The van der Waals surface area contributed by atoms with Crippen LogP contribution in [0.15, 0.2) is 53.6 Å². The lowest BCUT2D eigenvalue weighted by Gasteiger charge is -2.27. The van der Waals surface area contributed by atoms with Gasteiger partial charge in [-0.05, 0) is 61.0 Å². The van der Waals surface area contributed by atoms with E-state index in [2.05, 4.69) is 10.5 Å². The van der Waals surface area contributed by atoms with E-state index in [4.69, 9.17) is 9.47 Å². The highest BCUT2D eigenvalue weighted by atomic mass is 32.2. The molecule has 1 atom stereocenters. The standard InChI is InChI=1S/C21H25N3O5S2/c1-15(24(31(3,26)27)17-6-10-18(28-2)11-7-17)21(25)23-22-12-16-4-8-19(9-5-16)29-20-13-30-14-20/h4-12,15,20H,13-14H2,1-3H3,(H,23,25)/b22-12-. The van der Waals surface area contributed by atoms with Gasteiger partial charge >= 0.3 is 0 Å². The van der Waals surface area contributed by atoms with Crippen LogP contribution in [0.1, 0.15) is 12.5 Å². The van der Waals surface area contributed by atoms with Crippen LogP contribution in [0.3, 0.4) is 0 Å². The van der Waals surface area contributed by atoms with Crippen LogP contribution in [0, 0.1) is 0 Å². The van der Waals surface area contributed by atoms with Gasteiger partial charge in [0, 0.05) is 11.5 Å². The molecule has 1 aliphatic heterocycles. The summed E-state index contributed by atoms with van der Waals surface area (Å²) < 4.78 is 36.6. The molecule has 1 fully saturated rings. The molecule has 1 unspecified atom stereocenters. The van der Waals surface area contributed by atoms with Crippen LogP contribution in [0.2, 0.25) is 0 Å². The third-order valence-electron chi connectivity index (χ3n) is 4.59. The molecule has 2 aromatic rings. The van der Waals surface area contributed by atoms with Crippen molar-refractivity contribution >= 4 is 39.6 Å². The van der Waals surface area contributed by atoms with E-state index in [0.29, 0.717) is 11.4 Å². The van der Waals surface area contributed by atoms with Crippen molar-refractivity contribution in [1.82, 2.24) is 5.43 Å². The molecule has 8 nitrogen and oxygen atoms in total. The molecule has 0 aromatic heterocycles. The Hall–Kier alpha value is -2.72. The summed E-state index contributed by atoms with van der Waals surface area (Å²) in [5.41, 5.74) is 3.54. The fourth-order valence-electron chi connectivity index (χ4n) is 2.91. The van der Waals surface area contributed by atoms with Gasteiger partial charge in [-0.1, -0.05) is 0 Å². The topological polar surface area (TPSA) is 97.3 Å². The summed E-state index contributed by atoms with van der Waals surface area (Å²) in [5, 5.41) is 3.96. The number of anilines is 1. The Kier molecular flexibility index (Phi) is 7.45. The molecule has 1 aliphatic rings. The number of nitrogens with zero attached hydrogens (tertiary/aromatic N) is 2. The highest BCUT2D eigenvalue weighted by Gasteiger charge is 2.29. The van der Waals surface area contributed by atoms with Gasteiger partial charge in [-0.2, -0.15) is 16.9 Å². The van der Waals surface area contributed by atoms with E-state index < -0.39 is 22.0 Å². The first kappa shape index (κ1) is 23.0. The second-order valence-electron chi connectivity index (χ2n) is 7.01. The van der Waals surface area contributed by atoms with Crippen molar-refractivity contribution in [3.8, 4) is 11.5 Å². The normalized spacial score (nSPS) is 15.2. The molecule has 31 heavy (non-hydrogen) atoms. The lowest BCUT2D eigenvalue weighted by Crippen LogP contribution is -2.46. The fourth-order valence-corrected chi connectivity index (χ4v) is 4.65. The highest BCUT2D eigenvalue weighted by molar-refractivity contribution is 8.00. The molecule has 0 radical (unpaired) electrons. The molecule has 166 valence electrons. The Morgan fingerprint density at radius 3 is 2.29 bits per heavy atom. The largest absolute Gasteiger partial charge is 0.497 e. The number of nitrogens with one attached hydrogen (secondary N) is 1. The zero-order chi connectivity index (χ0) is 22.4. The van der Waals surface area contributed by atoms with E-state index in [-0.39, 0.29) is 6.10 Å². The van der Waals surface area contributed by atoms with Crippen LogP contribution in [0.25, 0.3) is 0 Å². The first-order valence-electron chi connectivity index (χ1n) is 9.59. The van der Waals surface area contributed by atoms with Crippen LogP contribution in [0.5, 0.6) is 11.5 Å². The number of hydrogen-bond acceptors (Lipinski definition) is 7. The number of ether oxygens (including phenoxy) is 2. The summed E-state index contributed by atoms with van der Waals surface area (Å²) in [4.78, 5) is 12.6. The minimum Gasteiger partial charge on any atom is -0.497 e. The Labute approximate surface area is 186 Å². The number of carbonyl (C=O) groups excluding carboxylic acids is 1. The lowest BCUT2D eigenvalue weighted by molar-refractivity contribution is -0.121. The summed E-state index contributed by atoms with van der Waals surface area (Å²) in [6.07, 6.45) is 2.82. The van der Waals surface area contributed by atoms with E-state index >= 15 is 0 Å². The van der Waals surface area contributed by atoms with Crippen LogP contribution in [-0.2, 0) is 14.8 Å². The Balaban J connectivity index is 1.63. The third-order valence-corrected chi connectivity index (χ3v) is 7.05. The molecule has 0 aliphatic carbocycles. The molecular formula is C21H25N3O5S2. The number of benzene rings is 2. The van der Waals surface area contributed by atoms with Crippen molar-refractivity contribution in [3.63, 3.8) is 0 Å². The van der Waals surface area contributed by atoms with E-state index in [9.17, 15) is 13.2 Å². The van der Waals surface area contributed by atoms with Crippen molar-refractivity contribution in [2.24, 2.45) is 5.10 Å². The maximum absolute atomic E-state index is 12.6. The lowest BCUT2D eigenvalue weighted by atomic mass is 10.2. The van der Waals surface area contributed by atoms with E-state index in [0.717, 1.165) is 33.4 Å². The number of methoxy groups -OCH3 is 1. The molecule has 1 saturated heterocycles. The Morgan fingerprint density at radius 1 is 1.16 bits per heavy atom. The number of sulfonamides is 1. The predicted molar refractivity (Wildman–Crippen MR) is 124 cm³/mol. The molecular weight excluding hydrogens is 438 g/mol. The summed E-state index contributed by atoms with van der Waals surface area (Å²) in [5.74, 6) is 2.84. The van der Waals surface area contributed by atoms with Gasteiger partial charge in [0.05, 0.1) is 25.3 Å². The number of carbonyl (C=O) groups is 1. The summed E-state index contributed by atoms with van der Waals surface area (Å²) in [6, 6.07) is 12.8. The number of rotatable bonds is 9. The molecule has 3 rings (SSSR count). The first-order chi connectivity index (χ1) is 14.8. The van der Waals surface area contributed by atoms with Crippen molar-refractivity contribution < 1.29 is 22.7 Å². The average Bonchev–Trinajstić information content (AvgIpc) is 2.71. The SMILES string of the molecule is COc1ccc(N(C(C)C(=O)N/N=C\c2ccc(OC3CSC3)cc2)S(C)(=O)=O)cc1. The second kappa shape index (κ2) is 10.1. The zero-order valence-electron chi connectivity index (χ0n) is 17.5. The molecule has 0 spiro atoms. The molecule has 1 amide bonds. The third kappa shape index (κ3) is 6.14. The summed E-state index contributed by atoms with van der Waals surface area (Å²) in [7, 11) is -2.19. The van der Waals surface area contributed by atoms with Gasteiger partial charge in [0.15, 0.2) is 0 Å². The van der Waals surface area contributed by atoms with E-state index in [1.54, 1.807) is 24.3 Å². The van der Waals surface area contributed by atoms with Crippen LogP contribution < -0.4 is 19.2 Å². The van der Waals surface area contributed by atoms with Gasteiger partial charge in [0.1, 0.15) is 23.6 Å². The maximum Gasteiger partial charge on any atom is 0.263 e. The average molecular weight is 464 g/mol. The number of thioether (sulfide) groups is 1. The van der Waals surface area contributed by atoms with Crippen molar-refractivity contribution in [2.45, 2.75) is 19.1 Å². The minimum absolute atomic E-state index is 0.272.